The number of nitrogens with zero attached hydrogens (tertiary/aromatic N) is 3. The molecule has 9 heteroatoms. The summed E-state index contributed by atoms with van der Waals surface area (Å²) in [6.45, 7) is 10.6. The minimum absolute atomic E-state index is 0.199. The lowest BCUT2D eigenvalue weighted by atomic mass is 9.94. The molecule has 2 N–H and O–H groups in total. The molecule has 1 aliphatic heterocycles. The van der Waals surface area contributed by atoms with Crippen molar-refractivity contribution in [3.63, 3.8) is 0 Å². The van der Waals surface area contributed by atoms with Crippen LogP contribution < -0.4 is 20.1 Å². The van der Waals surface area contributed by atoms with Gasteiger partial charge in [-0.15, -0.1) is 5.10 Å². The Bertz CT molecular complexity index is 1300. The van der Waals surface area contributed by atoms with Gasteiger partial charge in [0.15, 0.2) is 11.5 Å². The van der Waals surface area contributed by atoms with Crippen LogP contribution in [0, 0.1) is 13.8 Å². The maximum Gasteiger partial charge on any atom is 0.255 e. The molecule has 0 bridgehead atoms. The summed E-state index contributed by atoms with van der Waals surface area (Å²) in [5, 5.41) is 11.8. The Morgan fingerprint density at radius 2 is 1.97 bits per heavy atom. The zero-order valence-electron chi connectivity index (χ0n) is 21.6. The van der Waals surface area contributed by atoms with Gasteiger partial charge in [-0.25, -0.2) is 4.68 Å². The molecule has 1 unspecified atom stereocenters. The van der Waals surface area contributed by atoms with Gasteiger partial charge in [0.1, 0.15) is 6.04 Å². The molecule has 2 aromatic carbocycles. The Balaban J connectivity index is 1.80. The number of aromatic nitrogens is 3. The summed E-state index contributed by atoms with van der Waals surface area (Å²) in [6, 6.07) is 11.2. The fourth-order valence-electron chi connectivity index (χ4n) is 4.19. The van der Waals surface area contributed by atoms with Gasteiger partial charge in [0, 0.05) is 11.4 Å². The molecule has 0 saturated carbocycles. The van der Waals surface area contributed by atoms with E-state index in [-0.39, 0.29) is 5.91 Å². The molecule has 0 saturated heterocycles. The van der Waals surface area contributed by atoms with Gasteiger partial charge in [-0.1, -0.05) is 43.8 Å². The molecule has 8 nitrogen and oxygen atoms in total. The molecule has 0 radical (unpaired) electrons. The minimum Gasteiger partial charge on any atom is -0.493 e. The lowest BCUT2D eigenvalue weighted by Crippen LogP contribution is -2.31. The van der Waals surface area contributed by atoms with E-state index < -0.39 is 6.04 Å². The van der Waals surface area contributed by atoms with Crippen molar-refractivity contribution >= 4 is 29.3 Å². The first-order valence-corrected chi connectivity index (χ1v) is 13.1. The second kappa shape index (κ2) is 11.1. The van der Waals surface area contributed by atoms with Crippen LogP contribution in [0.1, 0.15) is 49.9 Å². The standard InChI is InChI=1S/C27H33N5O3S/c1-7-14-35-21-13-12-19(15-22(21)34-6)24-23(25(33)29-20-11-9-10-16(3)17(20)4)18(5)28-26-30-27(36-8-2)31-32(24)26/h9-13,15,24H,7-8,14H2,1-6H3,(H,29,33)(H,28,30,31). The van der Waals surface area contributed by atoms with Crippen LogP contribution in [0.5, 0.6) is 11.5 Å². The predicted molar refractivity (Wildman–Crippen MR) is 144 cm³/mol. The molecule has 2 heterocycles. The van der Waals surface area contributed by atoms with Crippen LogP contribution >= 0.6 is 11.8 Å². The average molecular weight is 508 g/mol. The second-order valence-corrected chi connectivity index (χ2v) is 9.85. The van der Waals surface area contributed by atoms with Crippen LogP contribution in [-0.4, -0.2) is 40.1 Å². The number of aryl methyl sites for hydroxylation is 1. The number of carbonyl (C=O) groups excluding carboxylic acids is 1. The number of thioether (sulfide) groups is 1. The third kappa shape index (κ3) is 5.06. The Morgan fingerprint density at radius 1 is 1.17 bits per heavy atom. The van der Waals surface area contributed by atoms with E-state index in [1.54, 1.807) is 23.6 Å². The number of rotatable bonds is 9. The summed E-state index contributed by atoms with van der Waals surface area (Å²) in [7, 11) is 1.62. The van der Waals surface area contributed by atoms with E-state index >= 15 is 0 Å². The zero-order chi connectivity index (χ0) is 25.8. The molecular formula is C27H33N5O3S. The van der Waals surface area contributed by atoms with Crippen LogP contribution in [0.15, 0.2) is 52.8 Å². The van der Waals surface area contributed by atoms with Crippen molar-refractivity contribution in [2.45, 2.75) is 52.2 Å². The lowest BCUT2D eigenvalue weighted by Gasteiger charge is -2.29. The topological polar surface area (TPSA) is 90.3 Å². The molecule has 0 aliphatic carbocycles. The lowest BCUT2D eigenvalue weighted by molar-refractivity contribution is -0.113. The number of hydrogen-bond acceptors (Lipinski definition) is 7. The van der Waals surface area contributed by atoms with Crippen LogP contribution in [-0.2, 0) is 4.79 Å². The smallest absolute Gasteiger partial charge is 0.255 e. The number of allylic oxidation sites excluding steroid dienone is 1. The molecule has 190 valence electrons. The van der Waals surface area contributed by atoms with Crippen LogP contribution in [0.25, 0.3) is 0 Å². The third-order valence-corrected chi connectivity index (χ3v) is 6.89. The van der Waals surface area contributed by atoms with Crippen molar-refractivity contribution in [1.29, 1.82) is 0 Å². The van der Waals surface area contributed by atoms with E-state index in [0.717, 1.165) is 40.2 Å². The quantitative estimate of drug-likeness (QED) is 0.357. The van der Waals surface area contributed by atoms with Crippen molar-refractivity contribution in [3.8, 4) is 11.5 Å². The van der Waals surface area contributed by atoms with Crippen LogP contribution in [0.4, 0.5) is 11.6 Å². The van der Waals surface area contributed by atoms with Gasteiger partial charge in [0.05, 0.1) is 19.3 Å². The maximum atomic E-state index is 13.8. The summed E-state index contributed by atoms with van der Waals surface area (Å²) in [6.07, 6.45) is 0.893. The van der Waals surface area contributed by atoms with E-state index in [2.05, 4.69) is 29.5 Å². The molecule has 3 aromatic rings. The summed E-state index contributed by atoms with van der Waals surface area (Å²) in [5.74, 6) is 2.52. The summed E-state index contributed by atoms with van der Waals surface area (Å²) in [4.78, 5) is 18.5. The average Bonchev–Trinajstić information content (AvgIpc) is 3.26. The normalized spacial score (nSPS) is 14.8. The number of benzene rings is 2. The van der Waals surface area contributed by atoms with Crippen molar-refractivity contribution in [1.82, 2.24) is 14.8 Å². The molecule has 0 fully saturated rings. The number of fused-ring (bicyclic) bond motifs is 1. The SMILES string of the molecule is CCCOc1ccc(C2C(C(=O)Nc3cccc(C)c3C)=C(C)Nc3nc(SCC)nn32)cc1OC. The van der Waals surface area contributed by atoms with Crippen LogP contribution in [0.2, 0.25) is 0 Å². The second-order valence-electron chi connectivity index (χ2n) is 8.62. The highest BCUT2D eigenvalue weighted by Gasteiger charge is 2.35. The highest BCUT2D eigenvalue weighted by molar-refractivity contribution is 7.99. The fraction of sp³-hybridized carbons (Fsp3) is 0.370. The van der Waals surface area contributed by atoms with Crippen molar-refractivity contribution < 1.29 is 14.3 Å². The number of anilines is 2. The number of hydrogen-bond donors (Lipinski definition) is 2. The van der Waals surface area contributed by atoms with Gasteiger partial charge in [-0.3, -0.25) is 4.79 Å². The monoisotopic (exact) mass is 507 g/mol. The largest absolute Gasteiger partial charge is 0.493 e. The van der Waals surface area contributed by atoms with E-state index in [4.69, 9.17) is 14.6 Å². The molecule has 1 atom stereocenters. The number of amides is 1. The van der Waals surface area contributed by atoms with Crippen molar-refractivity contribution in [3.05, 3.63) is 64.4 Å². The molecular weight excluding hydrogens is 474 g/mol. The van der Waals surface area contributed by atoms with E-state index in [0.29, 0.717) is 34.8 Å². The first-order valence-electron chi connectivity index (χ1n) is 12.1. The van der Waals surface area contributed by atoms with Gasteiger partial charge < -0.3 is 20.1 Å². The summed E-state index contributed by atoms with van der Waals surface area (Å²) >= 11 is 1.56. The number of nitrogens with one attached hydrogen (secondary N) is 2. The first kappa shape index (κ1) is 25.6. The zero-order valence-corrected chi connectivity index (χ0v) is 22.5. The number of ether oxygens (including phenoxy) is 2. The van der Waals surface area contributed by atoms with Crippen LogP contribution in [0.3, 0.4) is 0 Å². The number of carbonyl (C=O) groups is 1. The Hall–Kier alpha value is -3.46. The molecule has 1 aliphatic rings. The van der Waals surface area contributed by atoms with Crippen molar-refractivity contribution in [2.24, 2.45) is 0 Å². The van der Waals surface area contributed by atoms with Crippen molar-refractivity contribution in [2.75, 3.05) is 30.1 Å². The fourth-order valence-corrected chi connectivity index (χ4v) is 4.74. The Kier molecular flexibility index (Phi) is 7.88. The van der Waals surface area contributed by atoms with Gasteiger partial charge in [0.2, 0.25) is 11.1 Å². The number of methoxy groups -OCH3 is 1. The summed E-state index contributed by atoms with van der Waals surface area (Å²) < 4.78 is 13.3. The van der Waals surface area contributed by atoms with Gasteiger partial charge in [0.25, 0.3) is 5.91 Å². The van der Waals surface area contributed by atoms with Gasteiger partial charge in [-0.05, 0) is 67.8 Å². The van der Waals surface area contributed by atoms with Gasteiger partial charge >= 0.3 is 0 Å². The Morgan fingerprint density at radius 3 is 2.69 bits per heavy atom. The minimum atomic E-state index is -0.501. The van der Waals surface area contributed by atoms with Gasteiger partial charge in [-0.2, -0.15) is 4.98 Å². The highest BCUT2D eigenvalue weighted by Crippen LogP contribution is 2.40. The molecule has 4 rings (SSSR count). The molecule has 0 spiro atoms. The van der Waals surface area contributed by atoms with E-state index in [1.807, 2.05) is 57.2 Å². The molecule has 1 amide bonds. The first-order chi connectivity index (χ1) is 17.4. The van der Waals surface area contributed by atoms with E-state index in [9.17, 15) is 4.79 Å². The highest BCUT2D eigenvalue weighted by atomic mass is 32.2. The van der Waals surface area contributed by atoms with E-state index in [1.165, 1.54) is 0 Å². The molecule has 1 aromatic heterocycles. The molecule has 36 heavy (non-hydrogen) atoms. The third-order valence-electron chi connectivity index (χ3n) is 6.17. The predicted octanol–water partition coefficient (Wildman–Crippen LogP) is 5.73. The summed E-state index contributed by atoms with van der Waals surface area (Å²) in [5.41, 5.74) is 5.07. The maximum absolute atomic E-state index is 13.8. The Labute approximate surface area is 216 Å².